The van der Waals surface area contributed by atoms with Crippen LogP contribution < -0.4 is 11.1 Å². The molecule has 0 fully saturated rings. The van der Waals surface area contributed by atoms with E-state index in [2.05, 4.69) is 78.0 Å². The fourth-order valence-corrected chi connectivity index (χ4v) is 5.77. The van der Waals surface area contributed by atoms with Crippen LogP contribution in [-0.2, 0) is 6.42 Å². The maximum absolute atomic E-state index is 6.49. The van der Waals surface area contributed by atoms with Gasteiger partial charge in [0.2, 0.25) is 0 Å². The Hall–Kier alpha value is -5.20. The van der Waals surface area contributed by atoms with Crippen molar-refractivity contribution in [2.24, 2.45) is 0 Å². The van der Waals surface area contributed by atoms with Crippen LogP contribution in [0.5, 0.6) is 0 Å². The zero-order chi connectivity index (χ0) is 32.5. The number of imidazole rings is 1. The van der Waals surface area contributed by atoms with Crippen molar-refractivity contribution < 1.29 is 0 Å². The van der Waals surface area contributed by atoms with E-state index in [0.29, 0.717) is 17.1 Å². The lowest BCUT2D eigenvalue weighted by atomic mass is 9.97. The van der Waals surface area contributed by atoms with Gasteiger partial charge in [-0.05, 0) is 72.5 Å². The van der Waals surface area contributed by atoms with E-state index in [-0.39, 0.29) is 0 Å². The summed E-state index contributed by atoms with van der Waals surface area (Å²) in [6.07, 6.45) is 10.3. The average Bonchev–Trinajstić information content (AvgIpc) is 3.73. The van der Waals surface area contributed by atoms with Gasteiger partial charge >= 0.3 is 0 Å². The highest BCUT2D eigenvalue weighted by molar-refractivity contribution is 7.16. The Morgan fingerprint density at radius 1 is 1.02 bits per heavy atom. The number of aromatic nitrogens is 3. The molecule has 0 unspecified atom stereocenters. The number of pyridine rings is 1. The lowest BCUT2D eigenvalue weighted by Crippen LogP contribution is -2.12. The molecule has 4 N–H and O–H groups in total. The first kappa shape index (κ1) is 32.7. The van der Waals surface area contributed by atoms with Crippen molar-refractivity contribution in [1.82, 2.24) is 20.3 Å². The summed E-state index contributed by atoms with van der Waals surface area (Å²) >= 11 is 1.68. The molecule has 0 bridgehead atoms. The standard InChI is InChI=1S/C37H35N5S.C2H6/c1-7-27(19-29(8-2)40-24(5)18-26-12-10-9-11-13-26)28-14-15-32(38)30(20-28)25(6)37-41-33-22-39-21-31(36(33)42-37)35-17-16-34(43-35)23(3)4;1-2/h7-17,19-22,40H,2-3,5-6,18,38H2,1,4H3,(H,41,42);1-2H3/b27-7+,29-19+;. The number of benzene rings is 2. The molecule has 0 radical (unpaired) electrons. The van der Waals surface area contributed by atoms with Crippen molar-refractivity contribution in [3.8, 4) is 10.4 Å². The first-order valence-electron chi connectivity index (χ1n) is 15.0. The number of fused-ring (bicyclic) bond motifs is 1. The van der Waals surface area contributed by atoms with Gasteiger partial charge in [-0.25, -0.2) is 4.98 Å². The Balaban J connectivity index is 0.00000226. The minimum atomic E-state index is 0.620. The molecule has 3 aromatic heterocycles. The first-order valence-corrected chi connectivity index (χ1v) is 15.8. The molecular weight excluding hydrogens is 571 g/mol. The normalized spacial score (nSPS) is 11.5. The lowest BCUT2D eigenvalue weighted by Gasteiger charge is -2.14. The molecule has 228 valence electrons. The highest BCUT2D eigenvalue weighted by atomic mass is 32.1. The van der Waals surface area contributed by atoms with Gasteiger partial charge in [0.15, 0.2) is 0 Å². The summed E-state index contributed by atoms with van der Waals surface area (Å²) in [5.74, 6) is 0.646. The van der Waals surface area contributed by atoms with Crippen molar-refractivity contribution in [3.05, 3.63) is 156 Å². The van der Waals surface area contributed by atoms with Crippen LogP contribution in [0.3, 0.4) is 0 Å². The van der Waals surface area contributed by atoms with E-state index >= 15 is 0 Å². The van der Waals surface area contributed by atoms with Crippen LogP contribution in [0.4, 0.5) is 5.69 Å². The summed E-state index contributed by atoms with van der Waals surface area (Å²) in [7, 11) is 0. The van der Waals surface area contributed by atoms with Crippen molar-refractivity contribution in [2.45, 2.75) is 34.1 Å². The first-order chi connectivity index (χ1) is 21.8. The molecule has 0 atom stereocenters. The fraction of sp³-hybridized carbons (Fsp3) is 0.128. The number of aromatic amines is 1. The quantitative estimate of drug-likeness (QED) is 0.103. The molecule has 0 saturated heterocycles. The number of thiophene rings is 1. The molecule has 0 amide bonds. The molecule has 45 heavy (non-hydrogen) atoms. The largest absolute Gasteiger partial charge is 0.398 e. The number of hydrogen-bond acceptors (Lipinski definition) is 5. The highest BCUT2D eigenvalue weighted by Crippen LogP contribution is 2.36. The van der Waals surface area contributed by atoms with E-state index in [9.17, 15) is 0 Å². The van der Waals surface area contributed by atoms with Gasteiger partial charge < -0.3 is 16.0 Å². The SMILES string of the molecule is C=C/C(=C\C(=C/C)c1ccc(N)c(C(=C)c2nc3c(-c4ccc(C(=C)C)s4)cncc3[nH]2)c1)NC(=C)Cc1ccccc1.CC. The molecule has 0 aliphatic heterocycles. The van der Waals surface area contributed by atoms with Crippen molar-refractivity contribution in [3.63, 3.8) is 0 Å². The molecule has 0 aliphatic carbocycles. The number of allylic oxidation sites excluding steroid dienone is 6. The summed E-state index contributed by atoms with van der Waals surface area (Å²) in [5.41, 5.74) is 17.2. The van der Waals surface area contributed by atoms with Gasteiger partial charge in [0, 0.05) is 56.2 Å². The fourth-order valence-electron chi connectivity index (χ4n) is 4.83. The molecule has 0 aliphatic rings. The number of nitrogen functional groups attached to an aromatic ring is 1. The number of hydrogen-bond donors (Lipinski definition) is 3. The number of nitrogens with one attached hydrogen (secondary N) is 2. The Morgan fingerprint density at radius 2 is 1.78 bits per heavy atom. The minimum absolute atomic E-state index is 0.620. The summed E-state index contributed by atoms with van der Waals surface area (Å²) in [5, 5.41) is 3.41. The number of rotatable bonds is 11. The number of H-pyrrole nitrogens is 1. The smallest absolute Gasteiger partial charge is 0.138 e. The summed E-state index contributed by atoms with van der Waals surface area (Å²) in [6.45, 7) is 24.7. The molecular formula is C39H41N5S. The minimum Gasteiger partial charge on any atom is -0.398 e. The molecule has 2 aromatic carbocycles. The topological polar surface area (TPSA) is 79.6 Å². The third kappa shape index (κ3) is 7.66. The number of anilines is 1. The van der Waals surface area contributed by atoms with Crippen molar-refractivity contribution in [2.75, 3.05) is 5.73 Å². The highest BCUT2D eigenvalue weighted by Gasteiger charge is 2.16. The van der Waals surface area contributed by atoms with E-state index in [1.54, 1.807) is 23.6 Å². The molecule has 3 heterocycles. The second kappa shape index (κ2) is 15.0. The summed E-state index contributed by atoms with van der Waals surface area (Å²) in [4.78, 5) is 15.0. The summed E-state index contributed by atoms with van der Waals surface area (Å²) < 4.78 is 0. The van der Waals surface area contributed by atoms with Gasteiger partial charge in [0.1, 0.15) is 11.3 Å². The van der Waals surface area contributed by atoms with E-state index in [1.807, 2.05) is 70.3 Å². The predicted octanol–water partition coefficient (Wildman–Crippen LogP) is 10.2. The van der Waals surface area contributed by atoms with Crippen molar-refractivity contribution in [1.29, 1.82) is 0 Å². The maximum Gasteiger partial charge on any atom is 0.138 e. The second-order valence-electron chi connectivity index (χ2n) is 10.3. The van der Waals surface area contributed by atoms with Gasteiger partial charge in [-0.15, -0.1) is 11.3 Å². The Kier molecular flexibility index (Phi) is 10.9. The molecule has 5 aromatic rings. The molecule has 0 saturated carbocycles. The van der Waals surface area contributed by atoms with Crippen LogP contribution in [-0.4, -0.2) is 15.0 Å². The molecule has 0 spiro atoms. The van der Waals surface area contributed by atoms with Gasteiger partial charge in [-0.1, -0.05) is 82.6 Å². The molecule has 5 rings (SSSR count). The summed E-state index contributed by atoms with van der Waals surface area (Å²) in [6, 6.07) is 20.4. The van der Waals surface area contributed by atoms with Gasteiger partial charge in [0.05, 0.1) is 11.7 Å². The number of nitrogens with two attached hydrogens (primary N) is 1. The van der Waals surface area contributed by atoms with E-state index in [1.165, 1.54) is 5.56 Å². The van der Waals surface area contributed by atoms with Crippen LogP contribution in [0.25, 0.3) is 38.2 Å². The van der Waals surface area contributed by atoms with E-state index < -0.39 is 0 Å². The maximum atomic E-state index is 6.49. The van der Waals surface area contributed by atoms with Crippen LogP contribution in [0, 0.1) is 0 Å². The van der Waals surface area contributed by atoms with Gasteiger partial charge in [-0.2, -0.15) is 0 Å². The second-order valence-corrected chi connectivity index (χ2v) is 11.4. The van der Waals surface area contributed by atoms with Gasteiger partial charge in [-0.3, -0.25) is 4.98 Å². The van der Waals surface area contributed by atoms with Crippen molar-refractivity contribution >= 4 is 44.8 Å². The third-order valence-corrected chi connectivity index (χ3v) is 8.39. The van der Waals surface area contributed by atoms with Crippen LogP contribution in [0.1, 0.15) is 55.1 Å². The van der Waals surface area contributed by atoms with Crippen LogP contribution in [0.2, 0.25) is 0 Å². The van der Waals surface area contributed by atoms with Crippen LogP contribution >= 0.6 is 11.3 Å². The lowest BCUT2D eigenvalue weighted by molar-refractivity contribution is 0.942. The Morgan fingerprint density at radius 3 is 2.44 bits per heavy atom. The third-order valence-electron chi connectivity index (χ3n) is 7.11. The zero-order valence-electron chi connectivity index (χ0n) is 26.6. The molecule has 6 heteroatoms. The Bertz CT molecular complexity index is 1920. The predicted molar refractivity (Wildman–Crippen MR) is 197 cm³/mol. The van der Waals surface area contributed by atoms with E-state index in [0.717, 1.165) is 66.4 Å². The zero-order valence-corrected chi connectivity index (χ0v) is 27.4. The van der Waals surface area contributed by atoms with Crippen LogP contribution in [0.15, 0.2) is 129 Å². The van der Waals surface area contributed by atoms with E-state index in [4.69, 9.17) is 10.7 Å². The van der Waals surface area contributed by atoms with Gasteiger partial charge in [0.25, 0.3) is 0 Å². The molecule has 5 nitrogen and oxygen atoms in total. The Labute approximate surface area is 271 Å². The number of nitrogens with zero attached hydrogens (tertiary/aromatic N) is 2. The average molecular weight is 612 g/mol. The monoisotopic (exact) mass is 611 g/mol.